The van der Waals surface area contributed by atoms with Gasteiger partial charge in [-0.2, -0.15) is 4.68 Å². The summed E-state index contributed by atoms with van der Waals surface area (Å²) in [6.07, 6.45) is 5.73. The van der Waals surface area contributed by atoms with Crippen LogP contribution in [0.2, 0.25) is 0 Å². The van der Waals surface area contributed by atoms with E-state index in [1.54, 1.807) is 16.0 Å². The number of carbonyl (C=O) groups excluding carboxylic acids is 1. The first-order valence-electron chi connectivity index (χ1n) is 7.68. The fourth-order valence-electron chi connectivity index (χ4n) is 2.95. The lowest BCUT2D eigenvalue weighted by molar-refractivity contribution is 0.102. The van der Waals surface area contributed by atoms with E-state index < -0.39 is 0 Å². The smallest absolute Gasteiger partial charge is 0.259 e. The first kappa shape index (κ1) is 15.5. The van der Waals surface area contributed by atoms with Gasteiger partial charge in [-0.3, -0.25) is 4.79 Å². The van der Waals surface area contributed by atoms with Crippen LogP contribution in [0.4, 0.5) is 5.69 Å². The molecule has 122 valence electrons. The second kappa shape index (κ2) is 6.45. The third-order valence-electron chi connectivity index (χ3n) is 4.06. The molecular formula is C16H14BrN5OS. The molecule has 1 aliphatic carbocycles. The molecule has 8 heteroatoms. The van der Waals surface area contributed by atoms with Crippen LogP contribution < -0.4 is 5.32 Å². The molecule has 4 rings (SSSR count). The summed E-state index contributed by atoms with van der Waals surface area (Å²) in [6, 6.07) is 7.59. The molecule has 0 fully saturated rings. The molecule has 2 heterocycles. The number of aromatic nitrogens is 4. The standard InChI is InChI=1S/C16H14BrN5OS/c17-11-6-2-3-7-12(11)19-15(23)14-10-5-1-4-8-13(10)24-16(14)22-9-18-20-21-22/h2-3,6-7,9H,1,4-5,8H2,(H,19,23). The minimum atomic E-state index is -0.119. The lowest BCUT2D eigenvalue weighted by atomic mass is 9.95. The average molecular weight is 404 g/mol. The molecule has 24 heavy (non-hydrogen) atoms. The zero-order valence-corrected chi connectivity index (χ0v) is 15.1. The van der Waals surface area contributed by atoms with Crippen molar-refractivity contribution in [2.45, 2.75) is 25.7 Å². The average Bonchev–Trinajstić information content (AvgIpc) is 3.23. The molecule has 6 nitrogen and oxygen atoms in total. The van der Waals surface area contributed by atoms with E-state index in [4.69, 9.17) is 0 Å². The monoisotopic (exact) mass is 403 g/mol. The zero-order valence-electron chi connectivity index (χ0n) is 12.7. The third kappa shape index (κ3) is 2.76. The molecular weight excluding hydrogens is 390 g/mol. The van der Waals surface area contributed by atoms with E-state index in [9.17, 15) is 4.79 Å². The maximum Gasteiger partial charge on any atom is 0.259 e. The second-order valence-corrected chi connectivity index (χ2v) is 7.52. The Labute approximate surface area is 151 Å². The number of fused-ring (bicyclic) bond motifs is 1. The van der Waals surface area contributed by atoms with Crippen LogP contribution in [0.1, 0.15) is 33.6 Å². The van der Waals surface area contributed by atoms with Gasteiger partial charge in [0.2, 0.25) is 0 Å². The molecule has 1 N–H and O–H groups in total. The second-order valence-electron chi connectivity index (χ2n) is 5.58. The topological polar surface area (TPSA) is 72.7 Å². The van der Waals surface area contributed by atoms with E-state index in [0.717, 1.165) is 46.4 Å². The number of para-hydroxylation sites is 1. The maximum absolute atomic E-state index is 13.0. The summed E-state index contributed by atoms with van der Waals surface area (Å²) in [7, 11) is 0. The van der Waals surface area contributed by atoms with Gasteiger partial charge < -0.3 is 5.32 Å². The van der Waals surface area contributed by atoms with Crippen molar-refractivity contribution in [3.8, 4) is 5.00 Å². The van der Waals surface area contributed by atoms with E-state index >= 15 is 0 Å². The minimum Gasteiger partial charge on any atom is -0.321 e. The Morgan fingerprint density at radius 2 is 2.08 bits per heavy atom. The van der Waals surface area contributed by atoms with Gasteiger partial charge in [0.05, 0.1) is 11.3 Å². The number of hydrogen-bond acceptors (Lipinski definition) is 5. The number of hydrogen-bond donors (Lipinski definition) is 1. The molecule has 0 atom stereocenters. The molecule has 1 aromatic carbocycles. The molecule has 2 aromatic heterocycles. The summed E-state index contributed by atoms with van der Waals surface area (Å²) < 4.78 is 2.43. The number of anilines is 1. The fraction of sp³-hybridized carbons (Fsp3) is 0.250. The highest BCUT2D eigenvalue weighted by atomic mass is 79.9. The number of tetrazole rings is 1. The summed E-state index contributed by atoms with van der Waals surface area (Å²) >= 11 is 5.08. The van der Waals surface area contributed by atoms with Crippen LogP contribution in [0.5, 0.6) is 0 Å². The lowest BCUT2D eigenvalue weighted by Gasteiger charge is -2.13. The number of nitrogens with zero attached hydrogens (tertiary/aromatic N) is 4. The number of thiophene rings is 1. The van der Waals surface area contributed by atoms with E-state index in [1.807, 2.05) is 24.3 Å². The SMILES string of the molecule is O=C(Nc1ccccc1Br)c1c(-n2cnnn2)sc2c1CCCC2. The van der Waals surface area contributed by atoms with E-state index in [0.29, 0.717) is 5.56 Å². The van der Waals surface area contributed by atoms with Gasteiger partial charge in [0.15, 0.2) is 0 Å². The van der Waals surface area contributed by atoms with Crippen LogP contribution in [-0.4, -0.2) is 26.1 Å². The summed E-state index contributed by atoms with van der Waals surface area (Å²) in [5, 5.41) is 15.2. The summed E-state index contributed by atoms with van der Waals surface area (Å²) in [4.78, 5) is 14.3. The highest BCUT2D eigenvalue weighted by Crippen LogP contribution is 2.37. The number of halogens is 1. The first-order valence-corrected chi connectivity index (χ1v) is 9.29. The molecule has 0 saturated heterocycles. The highest BCUT2D eigenvalue weighted by Gasteiger charge is 2.27. The Bertz CT molecular complexity index is 890. The van der Waals surface area contributed by atoms with Gasteiger partial charge in [-0.15, -0.1) is 16.4 Å². The van der Waals surface area contributed by atoms with E-state index in [1.165, 1.54) is 11.2 Å². The van der Waals surface area contributed by atoms with Crippen LogP contribution in [-0.2, 0) is 12.8 Å². The largest absolute Gasteiger partial charge is 0.321 e. The van der Waals surface area contributed by atoms with Gasteiger partial charge in [-0.25, -0.2) is 0 Å². The quantitative estimate of drug-likeness (QED) is 0.724. The van der Waals surface area contributed by atoms with Crippen molar-refractivity contribution in [1.29, 1.82) is 0 Å². The van der Waals surface area contributed by atoms with Crippen molar-refractivity contribution in [3.63, 3.8) is 0 Å². The Morgan fingerprint density at radius 3 is 2.88 bits per heavy atom. The predicted molar refractivity (Wildman–Crippen MR) is 95.8 cm³/mol. The Morgan fingerprint density at radius 1 is 1.25 bits per heavy atom. The number of amides is 1. The van der Waals surface area contributed by atoms with Crippen LogP contribution in [0.15, 0.2) is 35.1 Å². The molecule has 0 saturated carbocycles. The summed E-state index contributed by atoms with van der Waals surface area (Å²) in [5.74, 6) is -0.119. The Balaban J connectivity index is 1.77. The van der Waals surface area contributed by atoms with Gasteiger partial charge in [0.1, 0.15) is 11.3 Å². The molecule has 3 aromatic rings. The van der Waals surface area contributed by atoms with Crippen molar-refractivity contribution in [3.05, 3.63) is 51.1 Å². The van der Waals surface area contributed by atoms with Crippen LogP contribution in [0.3, 0.4) is 0 Å². The van der Waals surface area contributed by atoms with E-state index in [2.05, 4.69) is 36.8 Å². The number of rotatable bonds is 3. The van der Waals surface area contributed by atoms with E-state index in [-0.39, 0.29) is 5.91 Å². The zero-order chi connectivity index (χ0) is 16.5. The number of carbonyl (C=O) groups is 1. The molecule has 1 aliphatic rings. The van der Waals surface area contributed by atoms with Crippen molar-refractivity contribution >= 4 is 38.9 Å². The van der Waals surface area contributed by atoms with Gasteiger partial charge in [-0.05, 0) is 69.7 Å². The Hall–Kier alpha value is -2.06. The van der Waals surface area contributed by atoms with Gasteiger partial charge in [-0.1, -0.05) is 12.1 Å². The molecule has 0 radical (unpaired) electrons. The molecule has 0 spiro atoms. The summed E-state index contributed by atoms with van der Waals surface area (Å²) in [5.41, 5.74) is 2.58. The fourth-order valence-corrected chi connectivity index (χ4v) is 4.63. The molecule has 0 unspecified atom stereocenters. The molecule has 0 aliphatic heterocycles. The first-order chi connectivity index (χ1) is 11.7. The predicted octanol–water partition coefficient (Wildman–Crippen LogP) is 3.62. The highest BCUT2D eigenvalue weighted by molar-refractivity contribution is 9.10. The van der Waals surface area contributed by atoms with Crippen LogP contribution >= 0.6 is 27.3 Å². The normalized spacial score (nSPS) is 13.5. The number of nitrogens with one attached hydrogen (secondary N) is 1. The third-order valence-corrected chi connectivity index (χ3v) is 6.03. The number of benzene rings is 1. The molecule has 1 amide bonds. The minimum absolute atomic E-state index is 0.119. The number of aryl methyl sites for hydroxylation is 1. The van der Waals surface area contributed by atoms with Gasteiger partial charge in [0, 0.05) is 9.35 Å². The Kier molecular flexibility index (Phi) is 4.15. The van der Waals surface area contributed by atoms with Crippen molar-refractivity contribution in [2.75, 3.05) is 5.32 Å². The van der Waals surface area contributed by atoms with Crippen molar-refractivity contribution < 1.29 is 4.79 Å². The van der Waals surface area contributed by atoms with Crippen molar-refractivity contribution in [1.82, 2.24) is 20.2 Å². The molecule has 0 bridgehead atoms. The van der Waals surface area contributed by atoms with Crippen LogP contribution in [0.25, 0.3) is 5.00 Å². The van der Waals surface area contributed by atoms with Gasteiger partial charge >= 0.3 is 0 Å². The van der Waals surface area contributed by atoms with Crippen LogP contribution in [0, 0.1) is 0 Å². The lowest BCUT2D eigenvalue weighted by Crippen LogP contribution is -2.17. The van der Waals surface area contributed by atoms with Crippen molar-refractivity contribution in [2.24, 2.45) is 0 Å². The summed E-state index contributed by atoms with van der Waals surface area (Å²) in [6.45, 7) is 0. The maximum atomic E-state index is 13.0. The van der Waals surface area contributed by atoms with Gasteiger partial charge in [0.25, 0.3) is 5.91 Å².